The largest absolute Gasteiger partial charge is 0.308 e. The summed E-state index contributed by atoms with van der Waals surface area (Å²) in [5, 5.41) is 3.07. The van der Waals surface area contributed by atoms with Crippen molar-refractivity contribution in [1.82, 2.24) is 5.32 Å². The topological polar surface area (TPSA) is 12.0 Å². The monoisotopic (exact) mass is 281 g/mol. The zero-order chi connectivity index (χ0) is 14.4. The second kappa shape index (κ2) is 7.16. The fourth-order valence-electron chi connectivity index (χ4n) is 3.05. The van der Waals surface area contributed by atoms with Crippen molar-refractivity contribution in [3.63, 3.8) is 0 Å². The fourth-order valence-corrected chi connectivity index (χ4v) is 3.05. The summed E-state index contributed by atoms with van der Waals surface area (Å²) in [6.07, 6.45) is 7.42. The van der Waals surface area contributed by atoms with E-state index in [4.69, 9.17) is 0 Å². The van der Waals surface area contributed by atoms with Crippen molar-refractivity contribution < 1.29 is 8.78 Å². The highest BCUT2D eigenvalue weighted by Gasteiger charge is 2.32. The molecule has 1 saturated carbocycles. The zero-order valence-electron chi connectivity index (χ0n) is 12.2. The van der Waals surface area contributed by atoms with E-state index in [2.05, 4.69) is 12.2 Å². The fraction of sp³-hybridized carbons (Fsp3) is 0.647. The zero-order valence-corrected chi connectivity index (χ0v) is 12.2. The lowest BCUT2D eigenvalue weighted by molar-refractivity contribution is -0.00717. The van der Waals surface area contributed by atoms with Crippen molar-refractivity contribution in [3.8, 4) is 0 Å². The molecule has 0 aromatic heterocycles. The van der Waals surface area contributed by atoms with Gasteiger partial charge in [-0.3, -0.25) is 0 Å². The van der Waals surface area contributed by atoms with E-state index >= 15 is 0 Å². The molecule has 0 spiro atoms. The van der Waals surface area contributed by atoms with Gasteiger partial charge in [0.05, 0.1) is 6.54 Å². The van der Waals surface area contributed by atoms with Crippen LogP contribution < -0.4 is 5.32 Å². The quantitative estimate of drug-likeness (QED) is 0.770. The summed E-state index contributed by atoms with van der Waals surface area (Å²) in [7, 11) is 0. The Morgan fingerprint density at radius 3 is 2.30 bits per heavy atom. The second-order valence-electron chi connectivity index (χ2n) is 5.99. The molecule has 0 amide bonds. The average Bonchev–Trinajstić information content (AvgIpc) is 2.75. The Bertz CT molecular complexity index is 383. The van der Waals surface area contributed by atoms with Crippen molar-refractivity contribution in [2.24, 2.45) is 5.92 Å². The lowest BCUT2D eigenvalue weighted by Crippen LogP contribution is -2.40. The second-order valence-corrected chi connectivity index (χ2v) is 5.99. The van der Waals surface area contributed by atoms with Crippen LogP contribution in [-0.4, -0.2) is 12.6 Å². The van der Waals surface area contributed by atoms with Gasteiger partial charge in [0.1, 0.15) is 0 Å². The van der Waals surface area contributed by atoms with E-state index in [1.807, 2.05) is 0 Å². The van der Waals surface area contributed by atoms with Crippen LogP contribution in [0.3, 0.4) is 0 Å². The number of hydrogen-bond acceptors (Lipinski definition) is 1. The first-order chi connectivity index (χ1) is 9.59. The summed E-state index contributed by atoms with van der Waals surface area (Å²) in [6, 6.07) is 8.26. The first-order valence-electron chi connectivity index (χ1n) is 7.76. The Kier molecular flexibility index (Phi) is 5.53. The van der Waals surface area contributed by atoms with Gasteiger partial charge < -0.3 is 5.32 Å². The maximum atomic E-state index is 14.1. The molecule has 3 heteroatoms. The van der Waals surface area contributed by atoms with Crippen LogP contribution in [0.5, 0.6) is 0 Å². The van der Waals surface area contributed by atoms with Gasteiger partial charge in [0.2, 0.25) is 0 Å². The summed E-state index contributed by atoms with van der Waals surface area (Å²) in [6.45, 7) is 1.78. The van der Waals surface area contributed by atoms with Gasteiger partial charge in [-0.25, -0.2) is 0 Å². The third-order valence-corrected chi connectivity index (χ3v) is 4.45. The van der Waals surface area contributed by atoms with E-state index in [9.17, 15) is 8.78 Å². The van der Waals surface area contributed by atoms with Gasteiger partial charge in [0.15, 0.2) is 0 Å². The summed E-state index contributed by atoms with van der Waals surface area (Å²) < 4.78 is 28.2. The molecule has 112 valence electrons. The highest BCUT2D eigenvalue weighted by molar-refractivity contribution is 5.20. The third-order valence-electron chi connectivity index (χ3n) is 4.45. The molecule has 0 radical (unpaired) electrons. The van der Waals surface area contributed by atoms with Crippen LogP contribution in [0.15, 0.2) is 30.3 Å². The Morgan fingerprint density at radius 1 is 1.10 bits per heavy atom. The number of hydrogen-bond donors (Lipinski definition) is 1. The van der Waals surface area contributed by atoms with Gasteiger partial charge in [0.25, 0.3) is 5.92 Å². The highest BCUT2D eigenvalue weighted by atomic mass is 19.3. The SMILES string of the molecule is C[C@@H](NCC(F)(F)c1ccccc1)C1CCCCCC1. The molecular formula is C17H25F2N. The molecule has 20 heavy (non-hydrogen) atoms. The molecule has 1 atom stereocenters. The van der Waals surface area contributed by atoms with Crippen LogP contribution >= 0.6 is 0 Å². The Morgan fingerprint density at radius 2 is 1.70 bits per heavy atom. The smallest absolute Gasteiger partial charge is 0.285 e. The Balaban J connectivity index is 1.87. The standard InChI is InChI=1S/C17H25F2N/c1-14(15-9-5-2-3-6-10-15)20-13-17(18,19)16-11-7-4-8-12-16/h4,7-8,11-12,14-15,20H,2-3,5-6,9-10,13H2,1H3/t14-/m1/s1. The summed E-state index contributed by atoms with van der Waals surface area (Å²) in [4.78, 5) is 0. The molecular weight excluding hydrogens is 256 g/mol. The summed E-state index contributed by atoms with van der Waals surface area (Å²) in [5.74, 6) is -2.25. The summed E-state index contributed by atoms with van der Waals surface area (Å²) in [5.41, 5.74) is 0.0977. The van der Waals surface area contributed by atoms with Crippen molar-refractivity contribution in [1.29, 1.82) is 0 Å². The molecule has 0 saturated heterocycles. The van der Waals surface area contributed by atoms with Crippen molar-refractivity contribution in [2.75, 3.05) is 6.54 Å². The van der Waals surface area contributed by atoms with Gasteiger partial charge in [-0.1, -0.05) is 56.0 Å². The first kappa shape index (κ1) is 15.4. The van der Waals surface area contributed by atoms with E-state index in [0.29, 0.717) is 5.92 Å². The van der Waals surface area contributed by atoms with Crippen LogP contribution in [0, 0.1) is 5.92 Å². The molecule has 1 aliphatic carbocycles. The molecule has 1 aromatic rings. The first-order valence-corrected chi connectivity index (χ1v) is 7.76. The molecule has 1 nitrogen and oxygen atoms in total. The minimum absolute atomic E-state index is 0.0977. The third kappa shape index (κ3) is 4.27. The van der Waals surface area contributed by atoms with Crippen LogP contribution in [0.4, 0.5) is 8.78 Å². The van der Waals surface area contributed by atoms with Crippen LogP contribution in [0.1, 0.15) is 51.0 Å². The number of nitrogens with one attached hydrogen (secondary N) is 1. The molecule has 0 unspecified atom stereocenters. The average molecular weight is 281 g/mol. The van der Waals surface area contributed by atoms with Crippen molar-refractivity contribution >= 4 is 0 Å². The number of halogens is 2. The molecule has 1 aliphatic rings. The highest BCUT2D eigenvalue weighted by Crippen LogP contribution is 2.29. The van der Waals surface area contributed by atoms with Gasteiger partial charge in [-0.15, -0.1) is 0 Å². The van der Waals surface area contributed by atoms with E-state index < -0.39 is 5.92 Å². The lowest BCUT2D eigenvalue weighted by atomic mass is 9.93. The van der Waals surface area contributed by atoms with Gasteiger partial charge in [-0.05, 0) is 25.7 Å². The number of benzene rings is 1. The predicted molar refractivity (Wildman–Crippen MR) is 79.0 cm³/mol. The Labute approximate surface area is 120 Å². The van der Waals surface area contributed by atoms with E-state index in [1.165, 1.54) is 50.7 Å². The maximum Gasteiger partial charge on any atom is 0.285 e. The molecule has 1 fully saturated rings. The van der Waals surface area contributed by atoms with E-state index in [0.717, 1.165) is 0 Å². The van der Waals surface area contributed by atoms with Gasteiger partial charge >= 0.3 is 0 Å². The van der Waals surface area contributed by atoms with E-state index in [-0.39, 0.29) is 18.2 Å². The normalized spacial score (nSPS) is 19.6. The minimum atomic E-state index is -2.79. The summed E-state index contributed by atoms with van der Waals surface area (Å²) >= 11 is 0. The van der Waals surface area contributed by atoms with Crippen LogP contribution in [0.2, 0.25) is 0 Å². The number of rotatable bonds is 5. The van der Waals surface area contributed by atoms with Gasteiger partial charge in [0, 0.05) is 11.6 Å². The minimum Gasteiger partial charge on any atom is -0.308 e. The van der Waals surface area contributed by atoms with Crippen LogP contribution in [0.25, 0.3) is 0 Å². The lowest BCUT2D eigenvalue weighted by Gasteiger charge is -2.26. The predicted octanol–water partition coefficient (Wildman–Crippen LogP) is 4.73. The van der Waals surface area contributed by atoms with Crippen molar-refractivity contribution in [3.05, 3.63) is 35.9 Å². The van der Waals surface area contributed by atoms with Gasteiger partial charge in [-0.2, -0.15) is 8.78 Å². The molecule has 2 rings (SSSR count). The van der Waals surface area contributed by atoms with E-state index in [1.54, 1.807) is 18.2 Å². The molecule has 1 N–H and O–H groups in total. The molecule has 0 heterocycles. The molecule has 1 aromatic carbocycles. The van der Waals surface area contributed by atoms with Crippen LogP contribution in [-0.2, 0) is 5.92 Å². The molecule has 0 aliphatic heterocycles. The van der Waals surface area contributed by atoms with Crippen molar-refractivity contribution in [2.45, 2.75) is 57.4 Å². The molecule has 0 bridgehead atoms. The maximum absolute atomic E-state index is 14.1. The number of alkyl halides is 2. The Hall–Kier alpha value is -0.960.